The molecule has 2 aliphatic carbocycles. The molecule has 5 atom stereocenters. The van der Waals surface area contributed by atoms with Crippen molar-refractivity contribution in [3.63, 3.8) is 0 Å². The highest BCUT2D eigenvalue weighted by Gasteiger charge is 2.66. The predicted molar refractivity (Wildman–Crippen MR) is 182 cm³/mol. The fourth-order valence-corrected chi connectivity index (χ4v) is 6.58. The summed E-state index contributed by atoms with van der Waals surface area (Å²) in [7, 11) is 1.71. The van der Waals surface area contributed by atoms with Gasteiger partial charge in [0.1, 0.15) is 0 Å². The number of nitrogens with one attached hydrogen (secondary N) is 1. The summed E-state index contributed by atoms with van der Waals surface area (Å²) in [6.07, 6.45) is 7.18. The van der Waals surface area contributed by atoms with Crippen molar-refractivity contribution in [2.75, 3.05) is 40.3 Å². The molecule has 1 aliphatic heterocycles. The van der Waals surface area contributed by atoms with Crippen LogP contribution in [0.5, 0.6) is 0 Å². The van der Waals surface area contributed by atoms with Crippen LogP contribution in [-0.2, 0) is 27.1 Å². The molecular formula is C37H65N3O3. The fourth-order valence-electron chi connectivity index (χ4n) is 6.58. The molecule has 3 aliphatic rings. The third-order valence-electron chi connectivity index (χ3n) is 9.40. The van der Waals surface area contributed by atoms with E-state index in [0.717, 1.165) is 51.2 Å². The third kappa shape index (κ3) is 11.7. The molecule has 6 nitrogen and oxygen atoms in total. The first kappa shape index (κ1) is 37.6. The Labute approximate surface area is 264 Å². The molecule has 6 heteroatoms. The Morgan fingerprint density at radius 2 is 1.77 bits per heavy atom. The Bertz CT molecular complexity index is 947. The van der Waals surface area contributed by atoms with E-state index < -0.39 is 0 Å². The highest BCUT2D eigenvalue weighted by Crippen LogP contribution is 2.64. The van der Waals surface area contributed by atoms with Crippen molar-refractivity contribution in [3.8, 4) is 0 Å². The van der Waals surface area contributed by atoms with Crippen molar-refractivity contribution < 1.29 is 14.2 Å². The number of likely N-dealkylation sites (tertiary alicyclic amines) is 1. The summed E-state index contributed by atoms with van der Waals surface area (Å²) in [5.41, 5.74) is 11.1. The Hall–Kier alpha value is -1.54. The zero-order valence-electron chi connectivity index (χ0n) is 29.1. The zero-order chi connectivity index (χ0) is 32.2. The summed E-state index contributed by atoms with van der Waals surface area (Å²) in [6.45, 7) is 28.6. The summed E-state index contributed by atoms with van der Waals surface area (Å²) in [5.74, 6) is 1.92. The fraction of sp³-hybridized carbons (Fsp3) is 0.730. The van der Waals surface area contributed by atoms with Gasteiger partial charge in [-0.25, -0.2) is 0 Å². The van der Waals surface area contributed by atoms with Crippen LogP contribution in [0.4, 0.5) is 0 Å². The van der Waals surface area contributed by atoms with Crippen molar-refractivity contribution in [2.24, 2.45) is 28.9 Å². The number of fused-ring (bicyclic) bond motifs is 2. The number of hydrogen-bond acceptors (Lipinski definition) is 6. The van der Waals surface area contributed by atoms with E-state index >= 15 is 0 Å². The van der Waals surface area contributed by atoms with Crippen LogP contribution in [0.3, 0.4) is 0 Å². The molecule has 2 fully saturated rings. The quantitative estimate of drug-likeness (QED) is 0.129. The van der Waals surface area contributed by atoms with Gasteiger partial charge in [-0.15, -0.1) is 13.2 Å². The lowest BCUT2D eigenvalue weighted by molar-refractivity contribution is -0.0310. The summed E-state index contributed by atoms with van der Waals surface area (Å²) >= 11 is 0. The maximum Gasteiger partial charge on any atom is 0.0994 e. The molecule has 1 heterocycles. The lowest BCUT2D eigenvalue weighted by atomic mass is 9.98. The first-order valence-corrected chi connectivity index (χ1v) is 16.6. The SMILES string of the molecule is C=CCCC(CC(=C)C)NCOCC1C2C(CN1COCC(N)C1Cc3ccccc3C1)C2(C)C.CC.COC(C)(C)C. The largest absolute Gasteiger partial charge is 0.379 e. The minimum Gasteiger partial charge on any atom is -0.379 e. The molecule has 1 aromatic rings. The minimum atomic E-state index is 0.0417. The average Bonchev–Trinajstić information content (AvgIpc) is 3.30. The Balaban J connectivity index is 0.000000720. The molecule has 0 amide bonds. The Morgan fingerprint density at radius 3 is 2.30 bits per heavy atom. The number of benzene rings is 1. The van der Waals surface area contributed by atoms with Gasteiger partial charge < -0.3 is 19.9 Å². The van der Waals surface area contributed by atoms with Gasteiger partial charge in [-0.05, 0) is 94.1 Å². The Morgan fingerprint density at radius 1 is 1.16 bits per heavy atom. The van der Waals surface area contributed by atoms with Crippen molar-refractivity contribution in [2.45, 2.75) is 111 Å². The molecule has 1 aromatic carbocycles. The van der Waals surface area contributed by atoms with E-state index in [-0.39, 0.29) is 11.6 Å². The van der Waals surface area contributed by atoms with Crippen LogP contribution in [0.1, 0.15) is 85.8 Å². The topological polar surface area (TPSA) is 69.0 Å². The smallest absolute Gasteiger partial charge is 0.0994 e. The van der Waals surface area contributed by atoms with Crippen LogP contribution in [0, 0.1) is 23.2 Å². The van der Waals surface area contributed by atoms with Gasteiger partial charge in [-0.3, -0.25) is 10.2 Å². The second kappa shape index (κ2) is 17.8. The average molecular weight is 600 g/mol. The molecule has 0 radical (unpaired) electrons. The first-order valence-electron chi connectivity index (χ1n) is 16.6. The standard InChI is InChI=1S/C30H47N3O2.C5H12O.C2H6/c1-6-7-12-25(13-21(2)3)32-19-34-18-28-29-26(30(29,4)5)16-33(28)20-35-17-27(31)24-14-22-10-8-9-11-23(22)15-24;1-5(2,3)6-4;1-2/h6,8-11,24-29,32H,1-2,7,12-20,31H2,3-5H3;1-4H3;1-2H3. The lowest BCUT2D eigenvalue weighted by Gasteiger charge is -2.31. The molecular weight excluding hydrogens is 534 g/mol. The maximum atomic E-state index is 6.56. The molecule has 0 aromatic heterocycles. The number of rotatable bonds is 15. The molecule has 3 N–H and O–H groups in total. The Kier molecular flexibility index (Phi) is 15.6. The predicted octanol–water partition coefficient (Wildman–Crippen LogP) is 6.98. The molecule has 246 valence electrons. The van der Waals surface area contributed by atoms with Crippen LogP contribution in [-0.4, -0.2) is 69.0 Å². The zero-order valence-corrected chi connectivity index (χ0v) is 29.1. The lowest BCUT2D eigenvalue weighted by Crippen LogP contribution is -2.43. The van der Waals surface area contributed by atoms with Crippen molar-refractivity contribution in [1.82, 2.24) is 10.2 Å². The van der Waals surface area contributed by atoms with Crippen LogP contribution in [0.2, 0.25) is 0 Å². The molecule has 0 bridgehead atoms. The molecule has 0 spiro atoms. The van der Waals surface area contributed by atoms with Crippen LogP contribution in [0.25, 0.3) is 0 Å². The van der Waals surface area contributed by atoms with E-state index in [1.165, 1.54) is 16.7 Å². The van der Waals surface area contributed by atoms with E-state index in [0.29, 0.717) is 49.4 Å². The highest BCUT2D eigenvalue weighted by molar-refractivity contribution is 5.32. The number of methoxy groups -OCH3 is 1. The van der Waals surface area contributed by atoms with Crippen LogP contribution in [0.15, 0.2) is 49.1 Å². The number of nitrogens with two attached hydrogens (primary N) is 1. The van der Waals surface area contributed by atoms with Crippen LogP contribution < -0.4 is 11.1 Å². The monoisotopic (exact) mass is 600 g/mol. The number of nitrogens with zero attached hydrogens (tertiary/aromatic N) is 1. The van der Waals surface area contributed by atoms with E-state index in [2.05, 4.69) is 68.4 Å². The van der Waals surface area contributed by atoms with E-state index in [4.69, 9.17) is 19.9 Å². The highest BCUT2D eigenvalue weighted by atomic mass is 16.5. The van der Waals surface area contributed by atoms with Crippen LogP contribution >= 0.6 is 0 Å². The van der Waals surface area contributed by atoms with E-state index in [1.807, 2.05) is 40.7 Å². The molecule has 1 saturated carbocycles. The molecule has 4 rings (SSSR count). The maximum absolute atomic E-state index is 6.56. The minimum absolute atomic E-state index is 0.0417. The molecule has 1 saturated heterocycles. The van der Waals surface area contributed by atoms with Gasteiger partial charge in [0.15, 0.2) is 0 Å². The van der Waals surface area contributed by atoms with E-state index in [1.54, 1.807) is 7.11 Å². The van der Waals surface area contributed by atoms with Crippen molar-refractivity contribution >= 4 is 0 Å². The number of hydrogen-bond donors (Lipinski definition) is 2. The summed E-state index contributed by atoms with van der Waals surface area (Å²) in [6, 6.07) is 9.61. The molecule has 5 unspecified atom stereocenters. The summed E-state index contributed by atoms with van der Waals surface area (Å²) in [4.78, 5) is 2.49. The molecule has 43 heavy (non-hydrogen) atoms. The van der Waals surface area contributed by atoms with Gasteiger partial charge in [-0.2, -0.15) is 0 Å². The third-order valence-corrected chi connectivity index (χ3v) is 9.40. The first-order chi connectivity index (χ1) is 20.4. The van der Waals surface area contributed by atoms with Gasteiger partial charge in [-0.1, -0.05) is 63.6 Å². The summed E-state index contributed by atoms with van der Waals surface area (Å²) in [5, 5.41) is 3.57. The van der Waals surface area contributed by atoms with Gasteiger partial charge in [0.05, 0.1) is 32.3 Å². The van der Waals surface area contributed by atoms with Crippen molar-refractivity contribution in [3.05, 3.63) is 60.2 Å². The number of allylic oxidation sites excluding steroid dienone is 1. The summed E-state index contributed by atoms with van der Waals surface area (Å²) < 4.78 is 17.3. The van der Waals surface area contributed by atoms with Gasteiger partial charge in [0.2, 0.25) is 0 Å². The van der Waals surface area contributed by atoms with Gasteiger partial charge in [0, 0.05) is 31.8 Å². The van der Waals surface area contributed by atoms with Gasteiger partial charge >= 0.3 is 0 Å². The second-order valence-electron chi connectivity index (χ2n) is 14.2. The van der Waals surface area contributed by atoms with Gasteiger partial charge in [0.25, 0.3) is 0 Å². The second-order valence-corrected chi connectivity index (χ2v) is 14.2. The van der Waals surface area contributed by atoms with Crippen molar-refractivity contribution in [1.29, 1.82) is 0 Å². The number of ether oxygens (including phenoxy) is 3. The number of piperidine rings is 1. The normalized spacial score (nSPS) is 23.6. The van der Waals surface area contributed by atoms with E-state index in [9.17, 15) is 0 Å².